The van der Waals surface area contributed by atoms with E-state index in [0.717, 1.165) is 32.0 Å². The second kappa shape index (κ2) is 7.68. The first-order valence-electron chi connectivity index (χ1n) is 7.91. The fourth-order valence-electron chi connectivity index (χ4n) is 3.28. The van der Waals surface area contributed by atoms with E-state index in [-0.39, 0.29) is 5.91 Å². The Bertz CT molecular complexity index is 319. The zero-order valence-corrected chi connectivity index (χ0v) is 12.2. The molecule has 108 valence electrons. The van der Waals surface area contributed by atoms with Crippen LogP contribution in [0.4, 0.5) is 0 Å². The van der Waals surface area contributed by atoms with Gasteiger partial charge >= 0.3 is 0 Å². The highest BCUT2D eigenvalue weighted by atomic mass is 16.1. The number of carbonyl (C=O) groups is 1. The molecule has 1 amide bonds. The highest BCUT2D eigenvalue weighted by molar-refractivity contribution is 5.76. The molecule has 2 rings (SSSR count). The van der Waals surface area contributed by atoms with E-state index in [4.69, 9.17) is 0 Å². The van der Waals surface area contributed by atoms with E-state index in [2.05, 4.69) is 23.6 Å². The molecule has 2 aliphatic rings. The van der Waals surface area contributed by atoms with Gasteiger partial charge in [-0.1, -0.05) is 50.7 Å². The summed E-state index contributed by atoms with van der Waals surface area (Å²) in [7, 11) is 0. The smallest absolute Gasteiger partial charge is 0.220 e. The van der Waals surface area contributed by atoms with Crippen LogP contribution in [0.15, 0.2) is 11.6 Å². The first kappa shape index (κ1) is 14.6. The summed E-state index contributed by atoms with van der Waals surface area (Å²) in [6.45, 7) is 4.99. The van der Waals surface area contributed by atoms with Crippen LogP contribution >= 0.6 is 0 Å². The standard InChI is InChI=1S/C16H28N2O/c1-13(15-5-3-2-4-6-15)11-16(19)18-12-14-7-9-17-10-8-14/h7,13,15,17H,2-6,8-12H2,1H3,(H,18,19). The Labute approximate surface area is 117 Å². The zero-order valence-electron chi connectivity index (χ0n) is 12.2. The minimum absolute atomic E-state index is 0.234. The SMILES string of the molecule is CC(CC(=O)NCC1=CCNCC1)C1CCCCC1. The maximum Gasteiger partial charge on any atom is 0.220 e. The van der Waals surface area contributed by atoms with E-state index in [9.17, 15) is 4.79 Å². The quantitative estimate of drug-likeness (QED) is 0.750. The van der Waals surface area contributed by atoms with Gasteiger partial charge in [0.05, 0.1) is 0 Å². The second-order valence-electron chi connectivity index (χ2n) is 6.17. The van der Waals surface area contributed by atoms with Crippen molar-refractivity contribution in [2.24, 2.45) is 11.8 Å². The van der Waals surface area contributed by atoms with E-state index in [0.29, 0.717) is 12.3 Å². The number of rotatable bonds is 5. The van der Waals surface area contributed by atoms with Gasteiger partial charge in [-0.2, -0.15) is 0 Å². The number of hydrogen-bond acceptors (Lipinski definition) is 2. The first-order chi connectivity index (χ1) is 9.25. The lowest BCUT2D eigenvalue weighted by Crippen LogP contribution is -2.31. The van der Waals surface area contributed by atoms with Crippen LogP contribution in [0.1, 0.15) is 51.9 Å². The Morgan fingerprint density at radius 2 is 2.21 bits per heavy atom. The van der Waals surface area contributed by atoms with Crippen LogP contribution in [-0.2, 0) is 4.79 Å². The summed E-state index contributed by atoms with van der Waals surface area (Å²) >= 11 is 0. The van der Waals surface area contributed by atoms with Gasteiger partial charge in [0.1, 0.15) is 0 Å². The molecule has 1 heterocycles. The normalized spacial score (nSPS) is 22.7. The van der Waals surface area contributed by atoms with Crippen molar-refractivity contribution in [2.75, 3.05) is 19.6 Å². The summed E-state index contributed by atoms with van der Waals surface area (Å²) in [6.07, 6.45) is 10.7. The number of nitrogens with one attached hydrogen (secondary N) is 2. The molecule has 0 spiro atoms. The summed E-state index contributed by atoms with van der Waals surface area (Å²) in [6, 6.07) is 0. The van der Waals surface area contributed by atoms with Gasteiger partial charge in [-0.05, 0) is 24.8 Å². The highest BCUT2D eigenvalue weighted by Crippen LogP contribution is 2.31. The van der Waals surface area contributed by atoms with Crippen LogP contribution in [0.2, 0.25) is 0 Å². The molecule has 1 saturated carbocycles. The summed E-state index contributed by atoms with van der Waals surface area (Å²) < 4.78 is 0. The van der Waals surface area contributed by atoms with E-state index in [1.807, 2.05) is 0 Å². The predicted molar refractivity (Wildman–Crippen MR) is 78.9 cm³/mol. The summed E-state index contributed by atoms with van der Waals surface area (Å²) in [5.74, 6) is 1.55. The van der Waals surface area contributed by atoms with Crippen molar-refractivity contribution in [1.82, 2.24) is 10.6 Å². The maximum absolute atomic E-state index is 12.0. The van der Waals surface area contributed by atoms with Crippen molar-refractivity contribution >= 4 is 5.91 Å². The molecule has 0 saturated heterocycles. The van der Waals surface area contributed by atoms with Crippen molar-refractivity contribution in [3.8, 4) is 0 Å². The van der Waals surface area contributed by atoms with Crippen molar-refractivity contribution in [3.63, 3.8) is 0 Å². The minimum atomic E-state index is 0.234. The average Bonchev–Trinajstić information content (AvgIpc) is 2.47. The van der Waals surface area contributed by atoms with E-state index >= 15 is 0 Å². The van der Waals surface area contributed by atoms with Crippen molar-refractivity contribution in [2.45, 2.75) is 51.9 Å². The first-order valence-corrected chi connectivity index (χ1v) is 7.91. The Balaban J connectivity index is 1.66. The van der Waals surface area contributed by atoms with Gasteiger partial charge < -0.3 is 10.6 Å². The Morgan fingerprint density at radius 1 is 1.42 bits per heavy atom. The molecule has 1 aliphatic heterocycles. The highest BCUT2D eigenvalue weighted by Gasteiger charge is 2.22. The third kappa shape index (κ3) is 4.98. The molecule has 3 heteroatoms. The summed E-state index contributed by atoms with van der Waals surface area (Å²) in [4.78, 5) is 12.0. The van der Waals surface area contributed by atoms with Crippen LogP contribution in [0.3, 0.4) is 0 Å². The Kier molecular flexibility index (Phi) is 5.90. The predicted octanol–water partition coefficient (Wildman–Crippen LogP) is 2.63. The lowest BCUT2D eigenvalue weighted by atomic mass is 9.79. The van der Waals surface area contributed by atoms with Crippen LogP contribution in [-0.4, -0.2) is 25.5 Å². The van der Waals surface area contributed by atoms with Gasteiger partial charge in [-0.25, -0.2) is 0 Å². The maximum atomic E-state index is 12.0. The largest absolute Gasteiger partial charge is 0.352 e. The molecule has 0 radical (unpaired) electrons. The summed E-state index contributed by atoms with van der Waals surface area (Å²) in [5, 5.41) is 6.38. The number of carbonyl (C=O) groups excluding carboxylic acids is 1. The number of hydrogen-bond donors (Lipinski definition) is 2. The van der Waals surface area contributed by atoms with Crippen molar-refractivity contribution in [1.29, 1.82) is 0 Å². The Hall–Kier alpha value is -0.830. The van der Waals surface area contributed by atoms with E-state index < -0.39 is 0 Å². The van der Waals surface area contributed by atoms with E-state index in [1.165, 1.54) is 37.7 Å². The van der Waals surface area contributed by atoms with Gasteiger partial charge in [0.15, 0.2) is 0 Å². The average molecular weight is 264 g/mol. The molecule has 1 fully saturated rings. The molecule has 0 aromatic heterocycles. The molecule has 0 aromatic carbocycles. The third-order valence-corrected chi connectivity index (χ3v) is 4.63. The molecule has 0 bridgehead atoms. The lowest BCUT2D eigenvalue weighted by Gasteiger charge is -2.27. The fourth-order valence-corrected chi connectivity index (χ4v) is 3.28. The molecule has 3 nitrogen and oxygen atoms in total. The topological polar surface area (TPSA) is 41.1 Å². The number of amides is 1. The zero-order chi connectivity index (χ0) is 13.5. The lowest BCUT2D eigenvalue weighted by molar-refractivity contribution is -0.122. The molecule has 0 aromatic rings. The molecule has 1 atom stereocenters. The Morgan fingerprint density at radius 3 is 2.89 bits per heavy atom. The van der Waals surface area contributed by atoms with Gasteiger partial charge in [0.2, 0.25) is 5.91 Å². The van der Waals surface area contributed by atoms with Crippen molar-refractivity contribution < 1.29 is 4.79 Å². The molecular formula is C16H28N2O. The van der Waals surface area contributed by atoms with Gasteiger partial charge in [-0.3, -0.25) is 4.79 Å². The van der Waals surface area contributed by atoms with E-state index in [1.54, 1.807) is 0 Å². The van der Waals surface area contributed by atoms with Gasteiger partial charge in [0.25, 0.3) is 0 Å². The van der Waals surface area contributed by atoms with Crippen molar-refractivity contribution in [3.05, 3.63) is 11.6 Å². The van der Waals surface area contributed by atoms with Crippen LogP contribution in [0, 0.1) is 11.8 Å². The van der Waals surface area contributed by atoms with Gasteiger partial charge in [-0.15, -0.1) is 0 Å². The van der Waals surface area contributed by atoms with Gasteiger partial charge in [0, 0.05) is 19.5 Å². The van der Waals surface area contributed by atoms with Crippen LogP contribution in [0.25, 0.3) is 0 Å². The molecule has 19 heavy (non-hydrogen) atoms. The molecule has 2 N–H and O–H groups in total. The molecular weight excluding hydrogens is 236 g/mol. The molecule has 1 unspecified atom stereocenters. The van der Waals surface area contributed by atoms with Crippen LogP contribution in [0.5, 0.6) is 0 Å². The molecule has 1 aliphatic carbocycles. The van der Waals surface area contributed by atoms with Crippen LogP contribution < -0.4 is 10.6 Å². The third-order valence-electron chi connectivity index (χ3n) is 4.63. The summed E-state index contributed by atoms with van der Waals surface area (Å²) in [5.41, 5.74) is 1.37. The second-order valence-corrected chi connectivity index (χ2v) is 6.17. The fraction of sp³-hybridized carbons (Fsp3) is 0.812. The monoisotopic (exact) mass is 264 g/mol. The minimum Gasteiger partial charge on any atom is -0.352 e.